The van der Waals surface area contributed by atoms with Crippen molar-refractivity contribution < 1.29 is 4.74 Å². The summed E-state index contributed by atoms with van der Waals surface area (Å²) in [5.41, 5.74) is 2.36. The first-order valence-electron chi connectivity index (χ1n) is 5.76. The van der Waals surface area contributed by atoms with E-state index in [-0.39, 0.29) is 17.9 Å². The van der Waals surface area contributed by atoms with Crippen LogP contribution in [0.2, 0.25) is 0 Å². The number of hydrazine groups is 1. The van der Waals surface area contributed by atoms with Crippen LogP contribution < -0.4 is 16.0 Å². The van der Waals surface area contributed by atoms with Crippen molar-refractivity contribution in [2.75, 3.05) is 5.43 Å². The molecule has 0 aliphatic heterocycles. The number of aromatic nitrogens is 6. The average Bonchev–Trinajstić information content (AvgIpc) is 3.04. The number of para-hydroxylation sites is 1. The van der Waals surface area contributed by atoms with Gasteiger partial charge in [0, 0.05) is 0 Å². The van der Waals surface area contributed by atoms with Crippen LogP contribution in [0.1, 0.15) is 0 Å². The lowest BCUT2D eigenvalue weighted by Gasteiger charge is -2.08. The lowest BCUT2D eigenvalue weighted by atomic mass is 10.3. The Labute approximate surface area is 132 Å². The molecular formula is C11H9IN8O. The Bertz CT molecular complexity index is 748. The third-order valence-electron chi connectivity index (χ3n) is 2.39. The zero-order chi connectivity index (χ0) is 14.7. The maximum Gasteiger partial charge on any atom is 0.328 e. The molecule has 106 valence electrons. The monoisotopic (exact) mass is 396 g/mol. The van der Waals surface area contributed by atoms with Gasteiger partial charge < -0.3 is 4.74 Å². The highest BCUT2D eigenvalue weighted by Gasteiger charge is 2.11. The highest BCUT2D eigenvalue weighted by atomic mass is 127. The molecule has 2 heterocycles. The van der Waals surface area contributed by atoms with Crippen molar-refractivity contribution >= 4 is 28.5 Å². The van der Waals surface area contributed by atoms with Crippen molar-refractivity contribution in [2.45, 2.75) is 0 Å². The minimum Gasteiger partial charge on any atom is -0.423 e. The molecule has 0 radical (unpaired) electrons. The fraction of sp³-hybridized carbons (Fsp3) is 0. The zero-order valence-electron chi connectivity index (χ0n) is 10.5. The summed E-state index contributed by atoms with van der Waals surface area (Å²) in [5.74, 6) is 6.41. The molecule has 3 rings (SSSR count). The minimum atomic E-state index is 0.104. The number of nitrogens with zero attached hydrogens (tertiary/aromatic N) is 6. The summed E-state index contributed by atoms with van der Waals surface area (Å²) >= 11 is 2.16. The number of nitrogen functional groups attached to an aromatic ring is 1. The molecule has 2 aromatic heterocycles. The lowest BCUT2D eigenvalue weighted by molar-refractivity contribution is 0.435. The summed E-state index contributed by atoms with van der Waals surface area (Å²) in [5, 5.41) is 3.95. The third-order valence-corrected chi connectivity index (χ3v) is 3.28. The average molecular weight is 396 g/mol. The summed E-state index contributed by atoms with van der Waals surface area (Å²) in [6.07, 6.45) is 2.84. The molecule has 0 spiro atoms. The van der Waals surface area contributed by atoms with Gasteiger partial charge in [0.2, 0.25) is 5.95 Å². The highest BCUT2D eigenvalue weighted by molar-refractivity contribution is 14.1. The lowest BCUT2D eigenvalue weighted by Crippen LogP contribution is -2.14. The molecule has 0 saturated heterocycles. The number of anilines is 1. The van der Waals surface area contributed by atoms with Crippen molar-refractivity contribution in [1.29, 1.82) is 0 Å². The molecule has 0 aliphatic carbocycles. The second-order valence-electron chi connectivity index (χ2n) is 3.76. The van der Waals surface area contributed by atoms with Crippen molar-refractivity contribution in [3.63, 3.8) is 0 Å². The Morgan fingerprint density at radius 1 is 1.19 bits per heavy atom. The fourth-order valence-corrected chi connectivity index (χ4v) is 1.99. The molecule has 21 heavy (non-hydrogen) atoms. The van der Waals surface area contributed by atoms with E-state index in [1.54, 1.807) is 0 Å². The highest BCUT2D eigenvalue weighted by Crippen LogP contribution is 2.24. The molecule has 0 bridgehead atoms. The van der Waals surface area contributed by atoms with Gasteiger partial charge in [-0.2, -0.15) is 24.7 Å². The van der Waals surface area contributed by atoms with Crippen LogP contribution in [0.5, 0.6) is 11.8 Å². The second-order valence-corrected chi connectivity index (χ2v) is 4.92. The van der Waals surface area contributed by atoms with Crippen LogP contribution in [-0.4, -0.2) is 29.7 Å². The van der Waals surface area contributed by atoms with Gasteiger partial charge in [-0.15, -0.1) is 0 Å². The van der Waals surface area contributed by atoms with Crippen LogP contribution in [0.3, 0.4) is 0 Å². The Kier molecular flexibility index (Phi) is 3.87. The molecule has 9 nitrogen and oxygen atoms in total. The summed E-state index contributed by atoms with van der Waals surface area (Å²) in [6.45, 7) is 0. The van der Waals surface area contributed by atoms with Gasteiger partial charge in [0.05, 0.1) is 3.57 Å². The van der Waals surface area contributed by atoms with E-state index in [2.05, 4.69) is 53.1 Å². The third kappa shape index (κ3) is 3.05. The molecule has 0 amide bonds. The molecule has 3 aromatic rings. The molecule has 0 aliphatic rings. The van der Waals surface area contributed by atoms with E-state index >= 15 is 0 Å². The number of hydrogen-bond donors (Lipinski definition) is 2. The maximum absolute atomic E-state index is 5.66. The van der Waals surface area contributed by atoms with E-state index in [9.17, 15) is 0 Å². The maximum atomic E-state index is 5.66. The Hall–Kier alpha value is -2.34. The number of hydrogen-bond acceptors (Lipinski definition) is 8. The standard InChI is InChI=1S/C11H9IN8O/c12-7-3-1-2-4-8(7)21-11-17-9(19-13)16-10(18-11)20-6-14-5-15-20/h1-6H,13H2,(H,16,17,18,19). The predicted octanol–water partition coefficient (Wildman–Crippen LogP) is 1.13. The van der Waals surface area contributed by atoms with E-state index in [1.807, 2.05) is 24.3 Å². The van der Waals surface area contributed by atoms with Crippen LogP contribution in [0.15, 0.2) is 36.9 Å². The molecule has 1 aromatic carbocycles. The van der Waals surface area contributed by atoms with Crippen molar-refractivity contribution in [2.24, 2.45) is 5.84 Å². The summed E-state index contributed by atoms with van der Waals surface area (Å²) in [6, 6.07) is 7.61. The van der Waals surface area contributed by atoms with Crippen LogP contribution in [0.25, 0.3) is 5.95 Å². The van der Waals surface area contributed by atoms with Crippen molar-refractivity contribution in [3.05, 3.63) is 40.5 Å². The van der Waals surface area contributed by atoms with E-state index in [1.165, 1.54) is 17.3 Å². The smallest absolute Gasteiger partial charge is 0.328 e. The molecule has 0 unspecified atom stereocenters. The molecule has 0 saturated carbocycles. The summed E-state index contributed by atoms with van der Waals surface area (Å²) < 4.78 is 7.97. The Balaban J connectivity index is 1.99. The van der Waals surface area contributed by atoms with Crippen LogP contribution >= 0.6 is 22.6 Å². The SMILES string of the molecule is NNc1nc(Oc2ccccc2I)nc(-n2cncn2)n1. The minimum absolute atomic E-state index is 0.104. The number of ether oxygens (including phenoxy) is 1. The molecule has 0 atom stereocenters. The molecule has 10 heteroatoms. The van der Waals surface area contributed by atoms with Gasteiger partial charge >= 0.3 is 6.01 Å². The first-order chi connectivity index (χ1) is 10.3. The largest absolute Gasteiger partial charge is 0.423 e. The number of nitrogens with two attached hydrogens (primary N) is 1. The van der Waals surface area contributed by atoms with E-state index in [4.69, 9.17) is 10.6 Å². The first-order valence-corrected chi connectivity index (χ1v) is 6.84. The van der Waals surface area contributed by atoms with Crippen molar-refractivity contribution in [3.8, 4) is 17.7 Å². The summed E-state index contributed by atoms with van der Waals surface area (Å²) in [7, 11) is 0. The number of benzene rings is 1. The Morgan fingerprint density at radius 3 is 2.76 bits per heavy atom. The van der Waals surface area contributed by atoms with E-state index in [0.29, 0.717) is 5.75 Å². The number of nitrogens with one attached hydrogen (secondary N) is 1. The van der Waals surface area contributed by atoms with Crippen LogP contribution in [0, 0.1) is 3.57 Å². The van der Waals surface area contributed by atoms with Gasteiger partial charge in [0.1, 0.15) is 18.4 Å². The van der Waals surface area contributed by atoms with Gasteiger partial charge in [-0.3, -0.25) is 5.43 Å². The molecule has 0 fully saturated rings. The Morgan fingerprint density at radius 2 is 2.05 bits per heavy atom. The van der Waals surface area contributed by atoms with Crippen LogP contribution in [0.4, 0.5) is 5.95 Å². The van der Waals surface area contributed by atoms with Crippen molar-refractivity contribution in [1.82, 2.24) is 29.7 Å². The first kappa shape index (κ1) is 13.6. The van der Waals surface area contributed by atoms with Gasteiger partial charge in [0.25, 0.3) is 5.95 Å². The number of halogens is 1. The topological polar surface area (TPSA) is 117 Å². The van der Waals surface area contributed by atoms with Gasteiger partial charge in [0.15, 0.2) is 0 Å². The fourth-order valence-electron chi connectivity index (χ4n) is 1.50. The van der Waals surface area contributed by atoms with Gasteiger partial charge in [-0.05, 0) is 34.7 Å². The van der Waals surface area contributed by atoms with E-state index < -0.39 is 0 Å². The van der Waals surface area contributed by atoms with Crippen LogP contribution in [-0.2, 0) is 0 Å². The predicted molar refractivity (Wildman–Crippen MR) is 81.8 cm³/mol. The molecule has 3 N–H and O–H groups in total. The molecular weight excluding hydrogens is 387 g/mol. The normalized spacial score (nSPS) is 10.4. The number of rotatable bonds is 4. The zero-order valence-corrected chi connectivity index (χ0v) is 12.7. The summed E-state index contributed by atoms with van der Waals surface area (Å²) in [4.78, 5) is 16.1. The second kappa shape index (κ2) is 5.97. The quantitative estimate of drug-likeness (QED) is 0.383. The van der Waals surface area contributed by atoms with Gasteiger partial charge in [-0.1, -0.05) is 12.1 Å². The van der Waals surface area contributed by atoms with E-state index in [0.717, 1.165) is 3.57 Å². The van der Waals surface area contributed by atoms with Gasteiger partial charge in [-0.25, -0.2) is 10.8 Å².